The van der Waals surface area contributed by atoms with E-state index in [1.54, 1.807) is 24.3 Å². The lowest BCUT2D eigenvalue weighted by Gasteiger charge is -2.20. The summed E-state index contributed by atoms with van der Waals surface area (Å²) in [6, 6.07) is 11.2. The Balaban J connectivity index is 1.84. The van der Waals surface area contributed by atoms with Crippen LogP contribution in [0.25, 0.3) is 0 Å². The van der Waals surface area contributed by atoms with Crippen LogP contribution in [0.1, 0.15) is 17.4 Å². The molecule has 1 aliphatic rings. The number of hydrogen-bond donors (Lipinski definition) is 4. The van der Waals surface area contributed by atoms with E-state index < -0.39 is 23.8 Å². The summed E-state index contributed by atoms with van der Waals surface area (Å²) in [5.74, 6) is -0.679. The number of para-hydroxylation sites is 1. The van der Waals surface area contributed by atoms with E-state index in [1.807, 2.05) is 0 Å². The van der Waals surface area contributed by atoms with E-state index in [1.165, 1.54) is 12.1 Å². The summed E-state index contributed by atoms with van der Waals surface area (Å²) in [6.07, 6.45) is -5.46. The van der Waals surface area contributed by atoms with Crippen molar-refractivity contribution < 1.29 is 23.1 Å². The number of nitrogens with zero attached hydrogens (tertiary/aromatic N) is 2. The maximum atomic E-state index is 12.6. The molecule has 3 rings (SSSR count). The van der Waals surface area contributed by atoms with Crippen LogP contribution >= 0.6 is 0 Å². The van der Waals surface area contributed by atoms with Gasteiger partial charge in [-0.05, 0) is 30.3 Å². The second-order valence-electron chi connectivity index (χ2n) is 5.40. The van der Waals surface area contributed by atoms with E-state index in [0.29, 0.717) is 22.1 Å². The van der Waals surface area contributed by atoms with Crippen molar-refractivity contribution >= 4 is 23.1 Å². The normalized spacial score (nSPS) is 16.8. The monoisotopic (exact) mass is 365 g/mol. The molecule has 1 atom stereocenters. The van der Waals surface area contributed by atoms with Crippen LogP contribution in [0.3, 0.4) is 0 Å². The molecule has 0 fully saturated rings. The van der Waals surface area contributed by atoms with E-state index in [0.717, 1.165) is 12.1 Å². The van der Waals surface area contributed by atoms with Crippen molar-refractivity contribution in [3.63, 3.8) is 0 Å². The van der Waals surface area contributed by atoms with Gasteiger partial charge in [-0.25, -0.2) is 0 Å². The van der Waals surface area contributed by atoms with Crippen molar-refractivity contribution in [2.24, 2.45) is 10.8 Å². The number of nitrogens with two attached hydrogens (primary N) is 1. The smallest absolute Gasteiger partial charge is 0.416 e. The van der Waals surface area contributed by atoms with E-state index in [2.05, 4.69) is 10.4 Å². The number of ether oxygens (including phenoxy) is 1. The van der Waals surface area contributed by atoms with E-state index >= 15 is 0 Å². The lowest BCUT2D eigenvalue weighted by molar-refractivity contribution is -0.169. The van der Waals surface area contributed by atoms with Gasteiger partial charge in [0.2, 0.25) is 6.23 Å². The number of amidine groups is 1. The van der Waals surface area contributed by atoms with Gasteiger partial charge in [-0.15, -0.1) is 10.3 Å². The van der Waals surface area contributed by atoms with Crippen LogP contribution in [0.2, 0.25) is 0 Å². The number of anilines is 2. The first-order valence-electron chi connectivity index (χ1n) is 7.36. The summed E-state index contributed by atoms with van der Waals surface area (Å²) in [6.45, 7) is 0. The summed E-state index contributed by atoms with van der Waals surface area (Å²) in [7, 11) is 0. The third-order valence-electron chi connectivity index (χ3n) is 3.57. The highest BCUT2D eigenvalue weighted by Crippen LogP contribution is 2.34. The summed E-state index contributed by atoms with van der Waals surface area (Å²) in [5, 5.41) is 24.3. The molecule has 0 bridgehead atoms. The molecule has 0 saturated heterocycles. The van der Waals surface area contributed by atoms with Crippen molar-refractivity contribution in [3.05, 3.63) is 59.7 Å². The van der Waals surface area contributed by atoms with Crippen molar-refractivity contribution in [1.29, 1.82) is 5.41 Å². The second kappa shape index (κ2) is 6.56. The Morgan fingerprint density at radius 2 is 1.85 bits per heavy atom. The molecule has 2 aromatic rings. The van der Waals surface area contributed by atoms with Gasteiger partial charge in [-0.1, -0.05) is 18.2 Å². The minimum absolute atomic E-state index is 0.234. The Hall–Kier alpha value is -3.27. The van der Waals surface area contributed by atoms with Gasteiger partial charge >= 0.3 is 6.18 Å². The SMILES string of the molecule is N=C(N)C1=NN(O)C(c2ccccc2Nc2ccc(C(F)(F)F)cc2)O1. The predicted octanol–water partition coefficient (Wildman–Crippen LogP) is 3.42. The summed E-state index contributed by atoms with van der Waals surface area (Å²) in [5.41, 5.74) is 5.89. The number of hydroxylamine groups is 1. The molecule has 7 nitrogen and oxygen atoms in total. The Labute approximate surface area is 146 Å². The zero-order chi connectivity index (χ0) is 18.9. The van der Waals surface area contributed by atoms with Crippen molar-refractivity contribution in [1.82, 2.24) is 5.17 Å². The standard InChI is InChI=1S/C16H14F3N5O2/c17-16(18,19)9-5-7-10(8-6-9)22-12-4-2-1-3-11(12)15-24(25)23-14(26-15)13(20)21/h1-8,15,22,25H,(H3,20,21). The number of rotatable bonds is 4. The molecule has 1 aliphatic heterocycles. The van der Waals surface area contributed by atoms with E-state index in [9.17, 15) is 18.4 Å². The van der Waals surface area contributed by atoms with Gasteiger partial charge in [0.25, 0.3) is 5.90 Å². The highest BCUT2D eigenvalue weighted by atomic mass is 19.4. The quantitative estimate of drug-likeness (QED) is 0.491. The molecule has 0 radical (unpaired) electrons. The van der Waals surface area contributed by atoms with Gasteiger partial charge in [0, 0.05) is 16.9 Å². The van der Waals surface area contributed by atoms with Crippen LogP contribution in [-0.4, -0.2) is 22.1 Å². The highest BCUT2D eigenvalue weighted by molar-refractivity contribution is 6.36. The molecule has 26 heavy (non-hydrogen) atoms. The fourth-order valence-electron chi connectivity index (χ4n) is 2.35. The molecular weight excluding hydrogens is 351 g/mol. The summed E-state index contributed by atoms with van der Waals surface area (Å²) >= 11 is 0. The lowest BCUT2D eigenvalue weighted by atomic mass is 10.1. The van der Waals surface area contributed by atoms with Crippen LogP contribution in [0.4, 0.5) is 24.5 Å². The molecule has 0 aliphatic carbocycles. The number of hydrazone groups is 1. The summed E-state index contributed by atoms with van der Waals surface area (Å²) < 4.78 is 43.3. The number of halogens is 3. The molecule has 1 unspecified atom stereocenters. The van der Waals surface area contributed by atoms with E-state index in [4.69, 9.17) is 15.9 Å². The molecule has 2 aromatic carbocycles. The largest absolute Gasteiger partial charge is 0.441 e. The number of nitrogens with one attached hydrogen (secondary N) is 2. The Bertz CT molecular complexity index is 852. The maximum absolute atomic E-state index is 12.6. The average molecular weight is 365 g/mol. The lowest BCUT2D eigenvalue weighted by Crippen LogP contribution is -2.23. The minimum atomic E-state index is -4.41. The third kappa shape index (κ3) is 3.54. The molecule has 10 heteroatoms. The minimum Gasteiger partial charge on any atom is -0.441 e. The predicted molar refractivity (Wildman–Crippen MR) is 88.0 cm³/mol. The zero-order valence-electron chi connectivity index (χ0n) is 13.2. The zero-order valence-corrected chi connectivity index (χ0v) is 13.2. The molecule has 0 saturated carbocycles. The first-order valence-corrected chi connectivity index (χ1v) is 7.36. The second-order valence-corrected chi connectivity index (χ2v) is 5.40. The molecule has 5 N–H and O–H groups in total. The van der Waals surface area contributed by atoms with Gasteiger partial charge < -0.3 is 15.8 Å². The molecule has 0 aromatic heterocycles. The third-order valence-corrected chi connectivity index (χ3v) is 3.57. The van der Waals surface area contributed by atoms with Crippen LogP contribution < -0.4 is 11.1 Å². The molecule has 136 valence electrons. The average Bonchev–Trinajstić information content (AvgIpc) is 2.97. The number of hydrogen-bond acceptors (Lipinski definition) is 6. The fraction of sp³-hybridized carbons (Fsp3) is 0.125. The fourth-order valence-corrected chi connectivity index (χ4v) is 2.35. The Kier molecular flexibility index (Phi) is 4.43. The first-order chi connectivity index (χ1) is 12.3. The van der Waals surface area contributed by atoms with Crippen LogP contribution in [-0.2, 0) is 10.9 Å². The Morgan fingerprint density at radius 1 is 1.19 bits per heavy atom. The maximum Gasteiger partial charge on any atom is 0.416 e. The van der Waals surface area contributed by atoms with Crippen LogP contribution in [0.5, 0.6) is 0 Å². The van der Waals surface area contributed by atoms with Gasteiger partial charge in [-0.2, -0.15) is 13.2 Å². The molecule has 1 heterocycles. The first kappa shape index (κ1) is 17.5. The van der Waals surface area contributed by atoms with Gasteiger partial charge in [0.1, 0.15) is 0 Å². The number of benzene rings is 2. The van der Waals surface area contributed by atoms with Crippen molar-refractivity contribution in [2.75, 3.05) is 5.32 Å². The van der Waals surface area contributed by atoms with Gasteiger partial charge in [0.15, 0.2) is 5.84 Å². The molecule has 0 spiro atoms. The van der Waals surface area contributed by atoms with Gasteiger partial charge in [-0.3, -0.25) is 10.6 Å². The van der Waals surface area contributed by atoms with Gasteiger partial charge in [0.05, 0.1) is 5.56 Å². The van der Waals surface area contributed by atoms with Crippen molar-refractivity contribution in [2.45, 2.75) is 12.4 Å². The van der Waals surface area contributed by atoms with Crippen molar-refractivity contribution in [3.8, 4) is 0 Å². The number of alkyl halides is 3. The van der Waals surface area contributed by atoms with E-state index in [-0.39, 0.29) is 5.90 Å². The topological polar surface area (TPSA) is 107 Å². The van der Waals surface area contributed by atoms with Crippen LogP contribution in [0.15, 0.2) is 53.6 Å². The molecule has 0 amide bonds. The molecular formula is C16H14F3N5O2. The van der Waals surface area contributed by atoms with Crippen LogP contribution in [0, 0.1) is 5.41 Å². The summed E-state index contributed by atoms with van der Waals surface area (Å²) in [4.78, 5) is 0. The highest BCUT2D eigenvalue weighted by Gasteiger charge is 2.32. The Morgan fingerprint density at radius 3 is 2.42 bits per heavy atom.